The van der Waals surface area contributed by atoms with E-state index in [-0.39, 0.29) is 23.8 Å². The van der Waals surface area contributed by atoms with Crippen LogP contribution in [0.1, 0.15) is 94.3 Å². The molecule has 5 aromatic rings. The summed E-state index contributed by atoms with van der Waals surface area (Å²) in [5, 5.41) is 19.5. The second kappa shape index (κ2) is 23.6. The second-order valence-corrected chi connectivity index (χ2v) is 13.9. The quantitative estimate of drug-likeness (QED) is 0.0150. The normalized spacial score (nSPS) is 11.0. The van der Waals surface area contributed by atoms with Gasteiger partial charge >= 0.3 is 11.9 Å². The van der Waals surface area contributed by atoms with Crippen molar-refractivity contribution in [2.75, 3.05) is 13.2 Å². The molecule has 0 radical (unpaired) electrons. The van der Waals surface area contributed by atoms with E-state index in [2.05, 4.69) is 17.2 Å². The molecule has 0 aliphatic rings. The Hall–Kier alpha value is -6.36. The van der Waals surface area contributed by atoms with Gasteiger partial charge in [-0.05, 0) is 85.3 Å². The Balaban J connectivity index is 1.11. The van der Waals surface area contributed by atoms with Gasteiger partial charge in [0.2, 0.25) is 0 Å². The molecule has 5 rings (SSSR count). The molecular weight excluding hydrogens is 735 g/mol. The highest BCUT2D eigenvalue weighted by atomic mass is 16.6. The largest absolute Gasteiger partial charge is 0.494 e. The van der Waals surface area contributed by atoms with Gasteiger partial charge in [0.1, 0.15) is 23.0 Å². The van der Waals surface area contributed by atoms with E-state index in [1.807, 2.05) is 42.5 Å². The summed E-state index contributed by atoms with van der Waals surface area (Å²) >= 11 is 0. The van der Waals surface area contributed by atoms with Gasteiger partial charge in [0.25, 0.3) is 5.69 Å². The van der Waals surface area contributed by atoms with E-state index in [4.69, 9.17) is 18.9 Å². The van der Waals surface area contributed by atoms with Crippen LogP contribution < -0.4 is 18.9 Å². The minimum Gasteiger partial charge on any atom is -0.494 e. The van der Waals surface area contributed by atoms with E-state index in [0.717, 1.165) is 30.4 Å². The summed E-state index contributed by atoms with van der Waals surface area (Å²) in [5.41, 5.74) is 3.18. The molecule has 0 amide bonds. The predicted molar refractivity (Wildman–Crippen MR) is 225 cm³/mol. The van der Waals surface area contributed by atoms with Crippen molar-refractivity contribution in [2.45, 2.75) is 84.0 Å². The van der Waals surface area contributed by atoms with Gasteiger partial charge in [0.05, 0.1) is 35.1 Å². The number of carbonyl (C=O) groups excluding carboxylic acids is 2. The molecule has 11 heteroatoms. The van der Waals surface area contributed by atoms with Crippen LogP contribution in [-0.2, 0) is 4.79 Å². The minimum atomic E-state index is -0.566. The molecule has 0 aliphatic carbocycles. The molecule has 0 fully saturated rings. The molecule has 0 unspecified atom stereocenters. The summed E-state index contributed by atoms with van der Waals surface area (Å²) in [4.78, 5) is 36.2. The SMILES string of the molecule is CCCCCCCCCCOc1ccc(C(=O)Oc2cc(N=Nc3ccc([N+](=O)[O-])cc3)cc(OCCCCCC(=O)Oc3ccc(-c4ccccc4)cc3)c2)cc1. The average Bonchev–Trinajstić information content (AvgIpc) is 3.24. The monoisotopic (exact) mass is 785 g/mol. The molecule has 0 saturated carbocycles. The van der Waals surface area contributed by atoms with Gasteiger partial charge < -0.3 is 18.9 Å². The lowest BCUT2D eigenvalue weighted by Crippen LogP contribution is -2.09. The lowest BCUT2D eigenvalue weighted by atomic mass is 10.1. The highest BCUT2D eigenvalue weighted by molar-refractivity contribution is 5.91. The Morgan fingerprint density at radius 1 is 0.552 bits per heavy atom. The van der Waals surface area contributed by atoms with Gasteiger partial charge in [-0.25, -0.2) is 4.79 Å². The summed E-state index contributed by atoms with van der Waals surface area (Å²) in [7, 11) is 0. The van der Waals surface area contributed by atoms with Crippen molar-refractivity contribution in [3.8, 4) is 34.1 Å². The third-order valence-electron chi connectivity index (χ3n) is 9.26. The molecule has 0 aromatic heterocycles. The van der Waals surface area contributed by atoms with Crippen LogP contribution in [0, 0.1) is 10.1 Å². The molecule has 302 valence electrons. The van der Waals surface area contributed by atoms with Crippen molar-refractivity contribution in [1.29, 1.82) is 0 Å². The zero-order valence-electron chi connectivity index (χ0n) is 33.1. The number of nitrogens with zero attached hydrogens (tertiary/aromatic N) is 3. The Morgan fingerprint density at radius 2 is 1.12 bits per heavy atom. The lowest BCUT2D eigenvalue weighted by Gasteiger charge is -2.11. The molecule has 0 aliphatic heterocycles. The van der Waals surface area contributed by atoms with E-state index in [1.54, 1.807) is 54.6 Å². The van der Waals surface area contributed by atoms with Crippen LogP contribution in [0.2, 0.25) is 0 Å². The summed E-state index contributed by atoms with van der Waals surface area (Å²) in [6.07, 6.45) is 12.1. The zero-order chi connectivity index (χ0) is 40.8. The fraction of sp³-hybridized carbons (Fsp3) is 0.319. The van der Waals surface area contributed by atoms with E-state index in [1.165, 1.54) is 62.8 Å². The lowest BCUT2D eigenvalue weighted by molar-refractivity contribution is -0.384. The maximum absolute atomic E-state index is 13.2. The van der Waals surface area contributed by atoms with Crippen molar-refractivity contribution in [1.82, 2.24) is 0 Å². The van der Waals surface area contributed by atoms with Gasteiger partial charge in [0.15, 0.2) is 0 Å². The number of rotatable bonds is 24. The van der Waals surface area contributed by atoms with Crippen molar-refractivity contribution >= 4 is 29.0 Å². The molecule has 0 N–H and O–H groups in total. The maximum Gasteiger partial charge on any atom is 0.343 e. The number of azo groups is 1. The van der Waals surface area contributed by atoms with Crippen molar-refractivity contribution in [3.63, 3.8) is 0 Å². The van der Waals surface area contributed by atoms with Crippen LogP contribution >= 0.6 is 0 Å². The summed E-state index contributed by atoms with van der Waals surface area (Å²) < 4.78 is 23.2. The highest BCUT2D eigenvalue weighted by Crippen LogP contribution is 2.31. The molecule has 0 bridgehead atoms. The number of hydrogen-bond donors (Lipinski definition) is 0. The molecule has 5 aromatic carbocycles. The van der Waals surface area contributed by atoms with E-state index >= 15 is 0 Å². The Labute approximate surface area is 340 Å². The van der Waals surface area contributed by atoms with Gasteiger partial charge in [-0.3, -0.25) is 14.9 Å². The fourth-order valence-corrected chi connectivity index (χ4v) is 6.06. The Morgan fingerprint density at radius 3 is 1.79 bits per heavy atom. The van der Waals surface area contributed by atoms with Crippen molar-refractivity contribution < 1.29 is 33.5 Å². The Bertz CT molecular complexity index is 2050. The van der Waals surface area contributed by atoms with Crippen LogP contribution in [0.3, 0.4) is 0 Å². The summed E-state index contributed by atoms with van der Waals surface area (Å²) in [6.45, 7) is 3.19. The zero-order valence-corrected chi connectivity index (χ0v) is 33.1. The minimum absolute atomic E-state index is 0.0580. The molecule has 0 spiro atoms. The summed E-state index contributed by atoms with van der Waals surface area (Å²) in [6, 6.07) is 34.8. The third kappa shape index (κ3) is 14.9. The molecule has 58 heavy (non-hydrogen) atoms. The number of ether oxygens (including phenoxy) is 4. The number of nitro groups is 1. The predicted octanol–water partition coefficient (Wildman–Crippen LogP) is 13.0. The first-order valence-corrected chi connectivity index (χ1v) is 20.1. The van der Waals surface area contributed by atoms with Crippen LogP contribution in [0.15, 0.2) is 132 Å². The number of unbranched alkanes of at least 4 members (excludes halogenated alkanes) is 9. The number of non-ortho nitro benzene ring substituents is 1. The van der Waals surface area contributed by atoms with E-state index < -0.39 is 10.9 Å². The van der Waals surface area contributed by atoms with Gasteiger partial charge in [-0.2, -0.15) is 10.2 Å². The highest BCUT2D eigenvalue weighted by Gasteiger charge is 2.13. The topological polar surface area (TPSA) is 139 Å². The van der Waals surface area contributed by atoms with Crippen molar-refractivity contribution in [3.05, 3.63) is 137 Å². The standard InChI is InChI=1S/C47H51N3O8/c1-2-3-4-5-6-7-8-14-31-55-42-27-21-38(22-28-42)47(52)58-45-34-40(49-48-39-23-25-41(26-24-39)50(53)54)33-44(35-45)56-32-15-10-13-18-46(51)57-43-29-19-37(20-30-43)36-16-11-9-12-17-36/h9,11-12,16-17,19-30,33-35H,2-8,10,13-15,18,31-32H2,1H3. The van der Waals surface area contributed by atoms with Gasteiger partial charge in [0, 0.05) is 36.8 Å². The smallest absolute Gasteiger partial charge is 0.343 e. The molecule has 0 atom stereocenters. The third-order valence-corrected chi connectivity index (χ3v) is 9.26. The molecular formula is C47H51N3O8. The molecule has 11 nitrogen and oxygen atoms in total. The van der Waals surface area contributed by atoms with E-state index in [0.29, 0.717) is 60.2 Å². The van der Waals surface area contributed by atoms with Gasteiger partial charge in [-0.15, -0.1) is 0 Å². The molecule has 0 heterocycles. The second-order valence-electron chi connectivity index (χ2n) is 13.9. The van der Waals surface area contributed by atoms with E-state index in [9.17, 15) is 19.7 Å². The summed E-state index contributed by atoms with van der Waals surface area (Å²) in [5.74, 6) is 0.941. The van der Waals surface area contributed by atoms with Crippen LogP contribution in [0.5, 0.6) is 23.0 Å². The first-order chi connectivity index (χ1) is 28.4. The van der Waals surface area contributed by atoms with Crippen molar-refractivity contribution in [2.24, 2.45) is 10.2 Å². The van der Waals surface area contributed by atoms with Crippen LogP contribution in [0.4, 0.5) is 17.1 Å². The number of carbonyl (C=O) groups is 2. The number of esters is 2. The Kier molecular flexibility index (Phi) is 17.4. The number of benzene rings is 5. The first-order valence-electron chi connectivity index (χ1n) is 20.1. The first kappa shape index (κ1) is 42.8. The molecule has 0 saturated heterocycles. The number of nitro benzene ring substituents is 1. The fourth-order valence-electron chi connectivity index (χ4n) is 6.06. The maximum atomic E-state index is 13.2. The van der Waals surface area contributed by atoms with Gasteiger partial charge in [-0.1, -0.05) is 94.3 Å². The average molecular weight is 786 g/mol. The van der Waals surface area contributed by atoms with Crippen LogP contribution in [0.25, 0.3) is 11.1 Å². The van der Waals surface area contributed by atoms with Crippen LogP contribution in [-0.4, -0.2) is 30.1 Å². The number of hydrogen-bond acceptors (Lipinski definition) is 10.